The molecule has 0 heterocycles. The van der Waals surface area contributed by atoms with Crippen molar-refractivity contribution in [1.82, 2.24) is 10.2 Å². The SMILES string of the molecule is CC[C@@H](C(=O)NC(C)C)N(Cc1ccc(Cl)c(Cl)c1)C(=O)CN(c1cc(Cl)cc(Cl)c1)S(=O)(=O)c1ccc(C)cc1. The summed E-state index contributed by atoms with van der Waals surface area (Å²) in [6.07, 6.45) is 0.277. The molecule has 3 rings (SSSR count). The van der Waals surface area contributed by atoms with Crippen molar-refractivity contribution in [2.75, 3.05) is 10.8 Å². The molecule has 0 aliphatic carbocycles. The third-order valence-electron chi connectivity index (χ3n) is 6.18. The number of benzene rings is 3. The van der Waals surface area contributed by atoms with Crippen LogP contribution >= 0.6 is 46.4 Å². The molecule has 3 aromatic rings. The quantitative estimate of drug-likeness (QED) is 0.237. The zero-order valence-electron chi connectivity index (χ0n) is 23.0. The largest absolute Gasteiger partial charge is 0.352 e. The van der Waals surface area contributed by atoms with E-state index in [2.05, 4.69) is 5.32 Å². The van der Waals surface area contributed by atoms with E-state index in [1.807, 2.05) is 20.8 Å². The average Bonchev–Trinajstić information content (AvgIpc) is 2.88. The molecule has 0 aliphatic rings. The second kappa shape index (κ2) is 14.1. The lowest BCUT2D eigenvalue weighted by molar-refractivity contribution is -0.140. The van der Waals surface area contributed by atoms with Gasteiger partial charge in [0.05, 0.1) is 20.6 Å². The molecule has 0 unspecified atom stereocenters. The number of carbonyl (C=O) groups is 2. The van der Waals surface area contributed by atoms with Crippen molar-refractivity contribution in [1.29, 1.82) is 0 Å². The number of nitrogens with zero attached hydrogens (tertiary/aromatic N) is 2. The highest BCUT2D eigenvalue weighted by Gasteiger charge is 2.34. The van der Waals surface area contributed by atoms with Gasteiger partial charge < -0.3 is 10.2 Å². The van der Waals surface area contributed by atoms with E-state index in [0.29, 0.717) is 10.6 Å². The molecule has 0 bridgehead atoms. The molecule has 0 spiro atoms. The molecule has 3 aromatic carbocycles. The van der Waals surface area contributed by atoms with Gasteiger partial charge in [-0.05, 0) is 75.2 Å². The van der Waals surface area contributed by atoms with Gasteiger partial charge in [0.1, 0.15) is 12.6 Å². The molecule has 0 saturated heterocycles. The van der Waals surface area contributed by atoms with Gasteiger partial charge in [-0.3, -0.25) is 13.9 Å². The minimum atomic E-state index is -4.26. The van der Waals surface area contributed by atoms with Crippen molar-refractivity contribution in [2.24, 2.45) is 0 Å². The Morgan fingerprint density at radius 2 is 1.49 bits per heavy atom. The average molecular weight is 659 g/mol. The monoisotopic (exact) mass is 657 g/mol. The van der Waals surface area contributed by atoms with Crippen LogP contribution in [0.4, 0.5) is 5.69 Å². The summed E-state index contributed by atoms with van der Waals surface area (Å²) in [6.45, 7) is 6.59. The number of hydrogen-bond acceptors (Lipinski definition) is 4. The normalized spacial score (nSPS) is 12.2. The van der Waals surface area contributed by atoms with Crippen molar-refractivity contribution < 1.29 is 18.0 Å². The van der Waals surface area contributed by atoms with Crippen molar-refractivity contribution in [3.63, 3.8) is 0 Å². The summed E-state index contributed by atoms with van der Waals surface area (Å²) in [5.74, 6) is -0.983. The molecule has 7 nitrogen and oxygen atoms in total. The second-order valence-electron chi connectivity index (χ2n) is 9.81. The molecule has 1 atom stereocenters. The highest BCUT2D eigenvalue weighted by Crippen LogP contribution is 2.31. The summed E-state index contributed by atoms with van der Waals surface area (Å²) in [7, 11) is -4.26. The third kappa shape index (κ3) is 8.52. The fraction of sp³-hybridized carbons (Fsp3) is 0.310. The Balaban J connectivity index is 2.11. The molecule has 0 radical (unpaired) electrons. The van der Waals surface area contributed by atoms with Gasteiger partial charge in [-0.1, -0.05) is 77.1 Å². The van der Waals surface area contributed by atoms with E-state index in [1.165, 1.54) is 35.2 Å². The highest BCUT2D eigenvalue weighted by molar-refractivity contribution is 7.92. The standard InChI is InChI=1S/C29H31Cl4N3O4S/c1-5-27(29(38)34-18(2)3)35(16-20-8-11-25(32)26(33)12-20)28(37)17-36(23-14-21(30)13-22(31)15-23)41(39,40)24-9-6-19(4)7-10-24/h6-15,18,27H,5,16-17H2,1-4H3,(H,34,38)/t27-/m0/s1. The molecular formula is C29H31Cl4N3O4S. The van der Waals surface area contributed by atoms with Crippen LogP contribution in [0.25, 0.3) is 0 Å². The minimum absolute atomic E-state index is 0.0194. The van der Waals surface area contributed by atoms with Crippen LogP contribution in [0.15, 0.2) is 65.6 Å². The lowest BCUT2D eigenvalue weighted by Gasteiger charge is -2.33. The maximum Gasteiger partial charge on any atom is 0.264 e. The van der Waals surface area contributed by atoms with Gasteiger partial charge in [-0.25, -0.2) is 8.42 Å². The zero-order valence-corrected chi connectivity index (χ0v) is 26.8. The van der Waals surface area contributed by atoms with Crippen LogP contribution in [0.2, 0.25) is 20.1 Å². The Labute approximate surface area is 261 Å². The van der Waals surface area contributed by atoms with Gasteiger partial charge in [0.15, 0.2) is 0 Å². The van der Waals surface area contributed by atoms with Gasteiger partial charge in [-0.15, -0.1) is 0 Å². The van der Waals surface area contributed by atoms with Crippen LogP contribution in [0, 0.1) is 6.92 Å². The number of aryl methyl sites for hydroxylation is 1. The second-order valence-corrected chi connectivity index (χ2v) is 13.4. The van der Waals surface area contributed by atoms with Gasteiger partial charge in [-0.2, -0.15) is 0 Å². The summed E-state index contributed by atoms with van der Waals surface area (Å²) in [5.41, 5.74) is 1.58. The van der Waals surface area contributed by atoms with Crippen LogP contribution in [-0.2, 0) is 26.2 Å². The smallest absolute Gasteiger partial charge is 0.264 e. The number of anilines is 1. The van der Waals surface area contributed by atoms with Crippen LogP contribution in [0.5, 0.6) is 0 Å². The Morgan fingerprint density at radius 3 is 2.02 bits per heavy atom. The van der Waals surface area contributed by atoms with E-state index in [4.69, 9.17) is 46.4 Å². The zero-order chi connectivity index (χ0) is 30.5. The summed E-state index contributed by atoms with van der Waals surface area (Å²) >= 11 is 24.8. The molecule has 0 aliphatic heterocycles. The van der Waals surface area contributed by atoms with Crippen molar-refractivity contribution >= 4 is 73.9 Å². The number of hydrogen-bond donors (Lipinski definition) is 1. The summed E-state index contributed by atoms with van der Waals surface area (Å²) in [6, 6.07) is 14.4. The fourth-order valence-electron chi connectivity index (χ4n) is 4.18. The predicted octanol–water partition coefficient (Wildman–Crippen LogP) is 7.14. The number of halogens is 4. The third-order valence-corrected chi connectivity index (χ3v) is 9.14. The lowest BCUT2D eigenvalue weighted by Crippen LogP contribution is -2.53. The number of nitrogens with one attached hydrogen (secondary N) is 1. The summed E-state index contributed by atoms with van der Waals surface area (Å²) in [5, 5.41) is 3.86. The van der Waals surface area contributed by atoms with Crippen molar-refractivity contribution in [3.05, 3.63) is 91.9 Å². The summed E-state index contributed by atoms with van der Waals surface area (Å²) in [4.78, 5) is 28.6. The van der Waals surface area contributed by atoms with E-state index in [1.54, 1.807) is 37.3 Å². The first kappa shape index (κ1) is 33.0. The van der Waals surface area contributed by atoms with E-state index >= 15 is 0 Å². The van der Waals surface area contributed by atoms with E-state index in [-0.39, 0.29) is 50.6 Å². The van der Waals surface area contributed by atoms with Gasteiger partial charge in [0.25, 0.3) is 10.0 Å². The van der Waals surface area contributed by atoms with E-state index < -0.39 is 28.5 Å². The van der Waals surface area contributed by atoms with Gasteiger partial charge >= 0.3 is 0 Å². The predicted molar refractivity (Wildman–Crippen MR) is 167 cm³/mol. The molecule has 1 N–H and O–H groups in total. The maximum atomic E-state index is 14.1. The topological polar surface area (TPSA) is 86.8 Å². The molecule has 2 amide bonds. The van der Waals surface area contributed by atoms with Gasteiger partial charge in [0.2, 0.25) is 11.8 Å². The number of amides is 2. The first-order valence-corrected chi connectivity index (χ1v) is 15.8. The summed E-state index contributed by atoms with van der Waals surface area (Å²) < 4.78 is 28.8. The maximum absolute atomic E-state index is 14.1. The Morgan fingerprint density at radius 1 is 0.878 bits per heavy atom. The van der Waals surface area contributed by atoms with Crippen molar-refractivity contribution in [2.45, 2.75) is 57.6 Å². The molecule has 0 aromatic heterocycles. The minimum Gasteiger partial charge on any atom is -0.352 e. The fourth-order valence-corrected chi connectivity index (χ4v) is 6.42. The molecule has 220 valence electrons. The number of carbonyl (C=O) groups excluding carboxylic acids is 2. The van der Waals surface area contributed by atoms with Crippen molar-refractivity contribution in [3.8, 4) is 0 Å². The molecule has 0 saturated carbocycles. The molecule has 41 heavy (non-hydrogen) atoms. The number of sulfonamides is 1. The number of rotatable bonds is 11. The lowest BCUT2D eigenvalue weighted by atomic mass is 10.1. The van der Waals surface area contributed by atoms with Crippen LogP contribution in [-0.4, -0.2) is 43.8 Å². The first-order chi connectivity index (χ1) is 19.2. The van der Waals surface area contributed by atoms with Crippen LogP contribution < -0.4 is 9.62 Å². The van der Waals surface area contributed by atoms with Crippen LogP contribution in [0.3, 0.4) is 0 Å². The molecule has 12 heteroatoms. The van der Waals surface area contributed by atoms with E-state index in [0.717, 1.165) is 9.87 Å². The highest BCUT2D eigenvalue weighted by atomic mass is 35.5. The van der Waals surface area contributed by atoms with Gasteiger partial charge in [0, 0.05) is 22.6 Å². The Bertz CT molecular complexity index is 1490. The Kier molecular flexibility index (Phi) is 11.4. The van der Waals surface area contributed by atoms with E-state index in [9.17, 15) is 18.0 Å². The Hall–Kier alpha value is -2.49. The first-order valence-electron chi connectivity index (χ1n) is 12.8. The molecular weight excluding hydrogens is 628 g/mol. The van der Waals surface area contributed by atoms with Crippen LogP contribution in [0.1, 0.15) is 38.3 Å². The molecule has 0 fully saturated rings.